The number of fused-ring (bicyclic) bond motifs is 1. The first-order valence-electron chi connectivity index (χ1n) is 10.9. The minimum atomic E-state index is -0.450. The predicted octanol–water partition coefficient (Wildman–Crippen LogP) is 3.09. The number of hydrogen-bond donors (Lipinski definition) is 1. The molecule has 8 nitrogen and oxygen atoms in total. The SMILES string of the molecule is [CH2+]c1ccc(Cn2c(Oc3ccccc3C)nc3c2c(=O)n(CCCO)c(=O)n3CC)cc1. The van der Waals surface area contributed by atoms with Gasteiger partial charge in [-0.05, 0) is 37.5 Å². The summed E-state index contributed by atoms with van der Waals surface area (Å²) in [6.07, 6.45) is 0.302. The van der Waals surface area contributed by atoms with Crippen molar-refractivity contribution in [1.82, 2.24) is 18.7 Å². The topological polar surface area (TPSA) is 91.3 Å². The number of imidazole rings is 1. The number of aromatic nitrogens is 4. The number of hydrogen-bond acceptors (Lipinski definition) is 5. The third-order valence-electron chi connectivity index (χ3n) is 5.59. The third kappa shape index (κ3) is 4.29. The molecule has 4 aromatic rings. The van der Waals surface area contributed by atoms with Gasteiger partial charge in [-0.1, -0.05) is 18.2 Å². The van der Waals surface area contributed by atoms with E-state index in [0.29, 0.717) is 25.3 Å². The van der Waals surface area contributed by atoms with Gasteiger partial charge in [0.05, 0.1) is 6.54 Å². The summed E-state index contributed by atoms with van der Waals surface area (Å²) in [6.45, 7) is 8.36. The van der Waals surface area contributed by atoms with Crippen LogP contribution in [0.5, 0.6) is 11.8 Å². The standard InChI is InChI=1S/C25H27N4O4/c1-4-27-22-21(23(31)28(25(27)32)14-7-15-30)29(16-19-12-10-17(2)11-13-19)24(26-22)33-20-9-6-5-8-18(20)3/h5-6,8-13,30H,2,4,7,14-16H2,1,3H3/q+1. The Hall–Kier alpha value is -3.78. The van der Waals surface area contributed by atoms with E-state index in [9.17, 15) is 14.7 Å². The Morgan fingerprint density at radius 2 is 1.76 bits per heavy atom. The second-order valence-electron chi connectivity index (χ2n) is 7.90. The molecule has 0 saturated carbocycles. The maximum atomic E-state index is 13.5. The van der Waals surface area contributed by atoms with Crippen molar-refractivity contribution in [3.05, 3.63) is 93.0 Å². The highest BCUT2D eigenvalue weighted by Gasteiger charge is 2.23. The van der Waals surface area contributed by atoms with Crippen LogP contribution >= 0.6 is 0 Å². The van der Waals surface area contributed by atoms with Crippen molar-refractivity contribution < 1.29 is 9.84 Å². The summed E-state index contributed by atoms with van der Waals surface area (Å²) < 4.78 is 10.5. The maximum absolute atomic E-state index is 13.5. The summed E-state index contributed by atoms with van der Waals surface area (Å²) in [5.74, 6) is 0.619. The van der Waals surface area contributed by atoms with E-state index in [1.807, 2.05) is 62.4 Å². The number of para-hydroxylation sites is 1. The molecular weight excluding hydrogens is 420 g/mol. The molecule has 2 aromatic carbocycles. The lowest BCUT2D eigenvalue weighted by Gasteiger charge is -2.12. The highest BCUT2D eigenvalue weighted by molar-refractivity contribution is 5.72. The number of rotatable bonds is 8. The first-order chi connectivity index (χ1) is 15.9. The number of nitrogens with zero attached hydrogens (tertiary/aromatic N) is 4. The van der Waals surface area contributed by atoms with Crippen molar-refractivity contribution in [2.75, 3.05) is 6.61 Å². The Morgan fingerprint density at radius 1 is 1.03 bits per heavy atom. The van der Waals surface area contributed by atoms with Gasteiger partial charge in [0.1, 0.15) is 11.3 Å². The van der Waals surface area contributed by atoms with Crippen LogP contribution in [0.4, 0.5) is 0 Å². The number of ether oxygens (including phenoxy) is 1. The zero-order valence-electron chi connectivity index (χ0n) is 18.8. The van der Waals surface area contributed by atoms with Gasteiger partial charge in [0, 0.05) is 50.9 Å². The minimum absolute atomic E-state index is 0.117. The monoisotopic (exact) mass is 447 g/mol. The summed E-state index contributed by atoms with van der Waals surface area (Å²) in [5, 5.41) is 9.25. The van der Waals surface area contributed by atoms with Crippen molar-refractivity contribution in [3.63, 3.8) is 0 Å². The van der Waals surface area contributed by atoms with Crippen LogP contribution in [0, 0.1) is 13.8 Å². The van der Waals surface area contributed by atoms with E-state index in [4.69, 9.17) is 4.74 Å². The molecule has 8 heteroatoms. The van der Waals surface area contributed by atoms with Crippen LogP contribution in [0.1, 0.15) is 30.0 Å². The van der Waals surface area contributed by atoms with E-state index in [0.717, 1.165) is 21.3 Å². The normalized spacial score (nSPS) is 11.2. The van der Waals surface area contributed by atoms with Crippen molar-refractivity contribution >= 4 is 11.2 Å². The molecule has 0 unspecified atom stereocenters. The van der Waals surface area contributed by atoms with Crippen LogP contribution in [0.25, 0.3) is 11.2 Å². The van der Waals surface area contributed by atoms with Crippen molar-refractivity contribution in [1.29, 1.82) is 0 Å². The summed E-state index contributed by atoms with van der Waals surface area (Å²) in [4.78, 5) is 31.1. The van der Waals surface area contributed by atoms with Crippen LogP contribution in [0.15, 0.2) is 58.1 Å². The largest absolute Gasteiger partial charge is 0.425 e. The zero-order valence-corrected chi connectivity index (χ0v) is 18.8. The lowest BCUT2D eigenvalue weighted by atomic mass is 10.1. The maximum Gasteiger partial charge on any atom is 0.332 e. The van der Waals surface area contributed by atoms with Gasteiger partial charge in [-0.2, -0.15) is 4.98 Å². The zero-order chi connectivity index (χ0) is 23.5. The fraction of sp³-hybridized carbons (Fsp3) is 0.280. The molecule has 0 aliphatic rings. The molecule has 0 bridgehead atoms. The summed E-state index contributed by atoms with van der Waals surface area (Å²) in [6, 6.07) is 15.5. The molecule has 0 spiro atoms. The van der Waals surface area contributed by atoms with Gasteiger partial charge in [0.15, 0.2) is 11.2 Å². The second kappa shape index (κ2) is 9.38. The molecule has 0 amide bonds. The van der Waals surface area contributed by atoms with E-state index in [2.05, 4.69) is 11.9 Å². The molecule has 0 radical (unpaired) electrons. The fourth-order valence-electron chi connectivity index (χ4n) is 3.80. The van der Waals surface area contributed by atoms with Gasteiger partial charge in [-0.25, -0.2) is 4.79 Å². The summed E-state index contributed by atoms with van der Waals surface area (Å²) in [7, 11) is 0. The molecular formula is C25H27N4O4+. The number of aliphatic hydroxyl groups is 1. The van der Waals surface area contributed by atoms with E-state index < -0.39 is 11.2 Å². The van der Waals surface area contributed by atoms with Crippen LogP contribution < -0.4 is 16.0 Å². The molecule has 0 aliphatic heterocycles. The Balaban J connectivity index is 1.97. The van der Waals surface area contributed by atoms with E-state index in [1.54, 1.807) is 4.57 Å². The van der Waals surface area contributed by atoms with Crippen molar-refractivity contribution in [2.45, 2.75) is 39.9 Å². The highest BCUT2D eigenvalue weighted by Crippen LogP contribution is 2.27. The predicted molar refractivity (Wildman–Crippen MR) is 127 cm³/mol. The summed E-state index contributed by atoms with van der Waals surface area (Å²) >= 11 is 0. The Labute approximate surface area is 191 Å². The highest BCUT2D eigenvalue weighted by atomic mass is 16.5. The molecule has 33 heavy (non-hydrogen) atoms. The van der Waals surface area contributed by atoms with Crippen LogP contribution in [0.3, 0.4) is 0 Å². The van der Waals surface area contributed by atoms with Gasteiger partial charge < -0.3 is 9.84 Å². The molecule has 0 fully saturated rings. The molecule has 4 rings (SSSR count). The number of aliphatic hydroxyl groups excluding tert-OH is 1. The molecule has 170 valence electrons. The second-order valence-corrected chi connectivity index (χ2v) is 7.90. The first kappa shape index (κ1) is 22.4. The minimum Gasteiger partial charge on any atom is -0.425 e. The van der Waals surface area contributed by atoms with E-state index in [1.165, 1.54) is 4.57 Å². The van der Waals surface area contributed by atoms with Gasteiger partial charge in [0.2, 0.25) is 0 Å². The van der Waals surface area contributed by atoms with Crippen LogP contribution in [-0.2, 0) is 19.6 Å². The molecule has 0 saturated heterocycles. The Morgan fingerprint density at radius 3 is 2.42 bits per heavy atom. The van der Waals surface area contributed by atoms with Crippen molar-refractivity contribution in [2.24, 2.45) is 0 Å². The summed E-state index contributed by atoms with van der Waals surface area (Å²) in [5.41, 5.74) is 2.42. The molecule has 2 heterocycles. The quantitative estimate of drug-likeness (QED) is 0.419. The molecule has 2 aromatic heterocycles. The average Bonchev–Trinajstić information content (AvgIpc) is 3.15. The Bertz CT molecular complexity index is 1400. The van der Waals surface area contributed by atoms with Gasteiger partial charge in [0.25, 0.3) is 5.56 Å². The lowest BCUT2D eigenvalue weighted by Crippen LogP contribution is -2.40. The lowest BCUT2D eigenvalue weighted by molar-refractivity contribution is 0.277. The molecule has 0 atom stereocenters. The Kier molecular flexibility index (Phi) is 6.37. The van der Waals surface area contributed by atoms with Crippen molar-refractivity contribution in [3.8, 4) is 11.8 Å². The number of aryl methyl sites for hydroxylation is 2. The van der Waals surface area contributed by atoms with E-state index in [-0.39, 0.29) is 30.3 Å². The molecule has 0 aliphatic carbocycles. The smallest absolute Gasteiger partial charge is 0.332 e. The fourth-order valence-corrected chi connectivity index (χ4v) is 3.80. The van der Waals surface area contributed by atoms with Gasteiger partial charge >= 0.3 is 11.7 Å². The molecule has 1 N–H and O–H groups in total. The number of benzene rings is 2. The van der Waals surface area contributed by atoms with Crippen LogP contribution in [-0.4, -0.2) is 30.4 Å². The van der Waals surface area contributed by atoms with Gasteiger partial charge in [-0.15, -0.1) is 0 Å². The average molecular weight is 448 g/mol. The van der Waals surface area contributed by atoms with Gasteiger partial charge in [-0.3, -0.25) is 18.5 Å². The van der Waals surface area contributed by atoms with Crippen LogP contribution in [0.2, 0.25) is 0 Å². The van der Waals surface area contributed by atoms with E-state index >= 15 is 0 Å². The third-order valence-corrected chi connectivity index (χ3v) is 5.59. The first-order valence-corrected chi connectivity index (χ1v) is 10.9.